The van der Waals surface area contributed by atoms with Crippen molar-refractivity contribution in [2.75, 3.05) is 13.2 Å². The first-order valence-corrected chi connectivity index (χ1v) is 6.26. The Balaban J connectivity index is 2.03. The van der Waals surface area contributed by atoms with Crippen LogP contribution in [-0.4, -0.2) is 29.5 Å². The van der Waals surface area contributed by atoms with Gasteiger partial charge in [-0.15, -0.1) is 0 Å². The van der Waals surface area contributed by atoms with E-state index in [0.717, 1.165) is 0 Å². The molecular formula is C15H19NO2. The monoisotopic (exact) mass is 245 g/mol. The smallest absolute Gasteiger partial charge is 0.0585 e. The molecule has 2 aromatic carbocycles. The zero-order chi connectivity index (χ0) is 12.8. The molecule has 0 amide bonds. The Bertz CT molecular complexity index is 499. The maximum Gasteiger partial charge on any atom is 0.0585 e. The van der Waals surface area contributed by atoms with Gasteiger partial charge in [0.25, 0.3) is 0 Å². The van der Waals surface area contributed by atoms with Crippen molar-refractivity contribution in [3.05, 3.63) is 48.0 Å². The van der Waals surface area contributed by atoms with E-state index in [2.05, 4.69) is 35.6 Å². The van der Waals surface area contributed by atoms with E-state index in [4.69, 9.17) is 10.2 Å². The minimum absolute atomic E-state index is 0.0403. The minimum Gasteiger partial charge on any atom is -0.396 e. The minimum atomic E-state index is -0.0403. The Hall–Kier alpha value is -1.42. The van der Waals surface area contributed by atoms with Gasteiger partial charge in [0, 0.05) is 19.2 Å². The van der Waals surface area contributed by atoms with Crippen LogP contribution in [-0.2, 0) is 6.54 Å². The number of hydrogen-bond acceptors (Lipinski definition) is 3. The van der Waals surface area contributed by atoms with Crippen molar-refractivity contribution in [3.63, 3.8) is 0 Å². The molecule has 0 aliphatic heterocycles. The van der Waals surface area contributed by atoms with Gasteiger partial charge in [0.1, 0.15) is 0 Å². The molecule has 2 rings (SSSR count). The van der Waals surface area contributed by atoms with Crippen LogP contribution in [0.1, 0.15) is 12.0 Å². The van der Waals surface area contributed by atoms with Crippen molar-refractivity contribution in [2.24, 2.45) is 0 Å². The first kappa shape index (κ1) is 13.0. The maximum absolute atomic E-state index is 9.13. The first-order valence-electron chi connectivity index (χ1n) is 6.26. The van der Waals surface area contributed by atoms with E-state index < -0.39 is 0 Å². The van der Waals surface area contributed by atoms with Gasteiger partial charge in [-0.3, -0.25) is 0 Å². The summed E-state index contributed by atoms with van der Waals surface area (Å²) < 4.78 is 0. The number of fused-ring (bicyclic) bond motifs is 1. The first-order chi connectivity index (χ1) is 8.83. The summed E-state index contributed by atoms with van der Waals surface area (Å²) in [5.41, 5.74) is 1.19. The van der Waals surface area contributed by atoms with Crippen molar-refractivity contribution < 1.29 is 10.2 Å². The van der Waals surface area contributed by atoms with Crippen LogP contribution < -0.4 is 5.32 Å². The SMILES string of the molecule is OCCC(CO)NCc1ccc2ccccc2c1. The van der Waals surface area contributed by atoms with E-state index in [1.54, 1.807) is 0 Å². The highest BCUT2D eigenvalue weighted by molar-refractivity contribution is 5.82. The Kier molecular flexibility index (Phi) is 4.70. The van der Waals surface area contributed by atoms with E-state index in [1.807, 2.05) is 12.1 Å². The molecule has 0 spiro atoms. The Morgan fingerprint density at radius 2 is 1.78 bits per heavy atom. The molecule has 0 bridgehead atoms. The molecule has 0 radical (unpaired) electrons. The number of benzene rings is 2. The lowest BCUT2D eigenvalue weighted by Crippen LogP contribution is -2.32. The molecule has 3 nitrogen and oxygen atoms in total. The summed E-state index contributed by atoms with van der Waals surface area (Å²) >= 11 is 0. The van der Waals surface area contributed by atoms with Crippen LogP contribution in [0.5, 0.6) is 0 Å². The highest BCUT2D eigenvalue weighted by atomic mass is 16.3. The zero-order valence-corrected chi connectivity index (χ0v) is 10.3. The predicted molar refractivity (Wildman–Crippen MR) is 73.4 cm³/mol. The van der Waals surface area contributed by atoms with Gasteiger partial charge in [-0.1, -0.05) is 36.4 Å². The summed E-state index contributed by atoms with van der Waals surface area (Å²) in [5, 5.41) is 23.7. The summed E-state index contributed by atoms with van der Waals surface area (Å²) in [4.78, 5) is 0. The normalized spacial score (nSPS) is 12.8. The lowest BCUT2D eigenvalue weighted by atomic mass is 10.1. The van der Waals surface area contributed by atoms with Gasteiger partial charge in [-0.2, -0.15) is 0 Å². The maximum atomic E-state index is 9.13. The largest absolute Gasteiger partial charge is 0.396 e. The standard InChI is InChI=1S/C15H19NO2/c17-8-7-15(11-18)16-10-12-5-6-13-3-1-2-4-14(13)9-12/h1-6,9,15-18H,7-8,10-11H2. The summed E-state index contributed by atoms with van der Waals surface area (Å²) in [7, 11) is 0. The van der Waals surface area contributed by atoms with E-state index in [9.17, 15) is 0 Å². The lowest BCUT2D eigenvalue weighted by molar-refractivity contribution is 0.200. The van der Waals surface area contributed by atoms with E-state index >= 15 is 0 Å². The molecule has 0 aromatic heterocycles. The fourth-order valence-electron chi connectivity index (χ4n) is 2.02. The number of hydrogen-bond donors (Lipinski definition) is 3. The molecule has 18 heavy (non-hydrogen) atoms. The van der Waals surface area contributed by atoms with Crippen molar-refractivity contribution in [2.45, 2.75) is 19.0 Å². The highest BCUT2D eigenvalue weighted by Crippen LogP contribution is 2.15. The number of aliphatic hydroxyl groups excluding tert-OH is 2. The molecule has 0 aliphatic carbocycles. The van der Waals surface area contributed by atoms with E-state index in [1.165, 1.54) is 16.3 Å². The average Bonchev–Trinajstić information content (AvgIpc) is 2.43. The zero-order valence-electron chi connectivity index (χ0n) is 10.3. The van der Waals surface area contributed by atoms with Crippen LogP contribution in [0.2, 0.25) is 0 Å². The van der Waals surface area contributed by atoms with Crippen molar-refractivity contribution >= 4 is 10.8 Å². The van der Waals surface area contributed by atoms with Crippen LogP contribution in [0.3, 0.4) is 0 Å². The molecular weight excluding hydrogens is 226 g/mol. The van der Waals surface area contributed by atoms with Gasteiger partial charge in [0.05, 0.1) is 6.61 Å². The van der Waals surface area contributed by atoms with E-state index in [-0.39, 0.29) is 19.3 Å². The van der Waals surface area contributed by atoms with Gasteiger partial charge >= 0.3 is 0 Å². The van der Waals surface area contributed by atoms with Crippen LogP contribution in [0.25, 0.3) is 10.8 Å². The van der Waals surface area contributed by atoms with E-state index in [0.29, 0.717) is 13.0 Å². The van der Waals surface area contributed by atoms with Gasteiger partial charge in [-0.25, -0.2) is 0 Å². The van der Waals surface area contributed by atoms with Crippen LogP contribution in [0.15, 0.2) is 42.5 Å². The molecule has 3 heteroatoms. The van der Waals surface area contributed by atoms with Crippen LogP contribution >= 0.6 is 0 Å². The van der Waals surface area contributed by atoms with Crippen molar-refractivity contribution in [1.29, 1.82) is 0 Å². The molecule has 0 saturated carbocycles. The quantitative estimate of drug-likeness (QED) is 0.725. The average molecular weight is 245 g/mol. The van der Waals surface area contributed by atoms with Crippen molar-refractivity contribution in [3.8, 4) is 0 Å². The second kappa shape index (κ2) is 6.50. The molecule has 0 heterocycles. The van der Waals surface area contributed by atoms with Crippen LogP contribution in [0, 0.1) is 0 Å². The fraction of sp³-hybridized carbons (Fsp3) is 0.333. The third-order valence-electron chi connectivity index (χ3n) is 3.11. The summed E-state index contributed by atoms with van der Waals surface area (Å²) in [6.07, 6.45) is 0.573. The molecule has 1 atom stereocenters. The summed E-state index contributed by atoms with van der Waals surface area (Å²) in [5.74, 6) is 0. The van der Waals surface area contributed by atoms with Gasteiger partial charge in [-0.05, 0) is 28.8 Å². The number of nitrogens with one attached hydrogen (secondary N) is 1. The third kappa shape index (κ3) is 3.29. The Labute approximate surface area is 107 Å². The topological polar surface area (TPSA) is 52.5 Å². The molecule has 96 valence electrons. The number of rotatable bonds is 6. The molecule has 1 unspecified atom stereocenters. The van der Waals surface area contributed by atoms with Crippen LogP contribution in [0.4, 0.5) is 0 Å². The van der Waals surface area contributed by atoms with Gasteiger partial charge in [0.15, 0.2) is 0 Å². The third-order valence-corrected chi connectivity index (χ3v) is 3.11. The van der Waals surface area contributed by atoms with Gasteiger partial charge < -0.3 is 15.5 Å². The second-order valence-electron chi connectivity index (χ2n) is 4.45. The second-order valence-corrected chi connectivity index (χ2v) is 4.45. The summed E-state index contributed by atoms with van der Waals surface area (Å²) in [6.45, 7) is 0.847. The number of aliphatic hydroxyl groups is 2. The van der Waals surface area contributed by atoms with Crippen molar-refractivity contribution in [1.82, 2.24) is 5.32 Å². The molecule has 0 saturated heterocycles. The predicted octanol–water partition coefficient (Wildman–Crippen LogP) is 1.67. The lowest BCUT2D eigenvalue weighted by Gasteiger charge is -2.15. The molecule has 2 aromatic rings. The van der Waals surface area contributed by atoms with Gasteiger partial charge in [0.2, 0.25) is 0 Å². The Morgan fingerprint density at radius 1 is 1.00 bits per heavy atom. The Morgan fingerprint density at radius 3 is 2.50 bits per heavy atom. The summed E-state index contributed by atoms with van der Waals surface area (Å²) in [6, 6.07) is 14.5. The molecule has 0 aliphatic rings. The highest BCUT2D eigenvalue weighted by Gasteiger charge is 2.05. The fourth-order valence-corrected chi connectivity index (χ4v) is 2.02. The molecule has 0 fully saturated rings. The molecule has 3 N–H and O–H groups in total.